The summed E-state index contributed by atoms with van der Waals surface area (Å²) in [5, 5.41) is 18.5. The Balaban J connectivity index is 3.08. The van der Waals surface area contributed by atoms with Crippen LogP contribution in [-0.4, -0.2) is 31.1 Å². The summed E-state index contributed by atoms with van der Waals surface area (Å²) in [5.41, 5.74) is -0.156. The van der Waals surface area contributed by atoms with E-state index >= 15 is 0 Å². The standard InChI is InChI=1S/C14H21NO5S/c1-9-7-11(16)10(13(17)18)8-12(9)21(19,20)15-6-5-14(2,3)4/h7-8,15-16H,5-6H2,1-4H3,(H,17,18). The van der Waals surface area contributed by atoms with E-state index in [0.29, 0.717) is 12.0 Å². The van der Waals surface area contributed by atoms with E-state index in [9.17, 15) is 18.3 Å². The van der Waals surface area contributed by atoms with Crippen molar-refractivity contribution in [3.8, 4) is 5.75 Å². The van der Waals surface area contributed by atoms with Gasteiger partial charge in [0.25, 0.3) is 0 Å². The van der Waals surface area contributed by atoms with Crippen molar-refractivity contribution in [1.29, 1.82) is 0 Å². The summed E-state index contributed by atoms with van der Waals surface area (Å²) >= 11 is 0. The molecular formula is C14H21NO5S. The molecule has 0 spiro atoms. The molecular weight excluding hydrogens is 294 g/mol. The second-order valence-corrected chi connectivity index (χ2v) is 7.88. The highest BCUT2D eigenvalue weighted by molar-refractivity contribution is 7.89. The average Bonchev–Trinajstić information content (AvgIpc) is 2.25. The number of hydrogen-bond donors (Lipinski definition) is 3. The van der Waals surface area contributed by atoms with E-state index in [-0.39, 0.29) is 16.9 Å². The second-order valence-electron chi connectivity index (χ2n) is 6.15. The smallest absolute Gasteiger partial charge is 0.339 e. The first-order valence-electron chi connectivity index (χ1n) is 6.50. The van der Waals surface area contributed by atoms with Gasteiger partial charge >= 0.3 is 5.97 Å². The molecule has 0 aliphatic carbocycles. The molecule has 0 aliphatic heterocycles. The Bertz CT molecular complexity index is 644. The van der Waals surface area contributed by atoms with Gasteiger partial charge in [-0.05, 0) is 36.5 Å². The van der Waals surface area contributed by atoms with Gasteiger partial charge in [0.1, 0.15) is 11.3 Å². The Labute approximate surface area is 124 Å². The van der Waals surface area contributed by atoms with Crippen molar-refractivity contribution in [1.82, 2.24) is 4.72 Å². The van der Waals surface area contributed by atoms with Gasteiger partial charge in [-0.2, -0.15) is 0 Å². The fourth-order valence-electron chi connectivity index (χ4n) is 1.77. The number of aromatic hydroxyl groups is 1. The Kier molecular flexibility index (Phi) is 5.01. The van der Waals surface area contributed by atoms with Crippen molar-refractivity contribution in [3.63, 3.8) is 0 Å². The van der Waals surface area contributed by atoms with Crippen LogP contribution >= 0.6 is 0 Å². The normalized spacial score (nSPS) is 12.4. The number of hydrogen-bond acceptors (Lipinski definition) is 4. The van der Waals surface area contributed by atoms with Crippen LogP contribution in [0.3, 0.4) is 0 Å². The van der Waals surface area contributed by atoms with Gasteiger partial charge in [-0.25, -0.2) is 17.9 Å². The summed E-state index contributed by atoms with van der Waals surface area (Å²) in [7, 11) is -3.81. The molecule has 118 valence electrons. The van der Waals surface area contributed by atoms with Crippen molar-refractivity contribution >= 4 is 16.0 Å². The minimum Gasteiger partial charge on any atom is -0.507 e. The molecule has 1 aromatic carbocycles. The average molecular weight is 315 g/mol. The van der Waals surface area contributed by atoms with E-state index in [4.69, 9.17) is 5.11 Å². The number of phenols is 1. The molecule has 6 nitrogen and oxygen atoms in total. The van der Waals surface area contributed by atoms with Crippen molar-refractivity contribution in [3.05, 3.63) is 23.3 Å². The third kappa shape index (κ3) is 4.71. The van der Waals surface area contributed by atoms with Gasteiger partial charge in [0, 0.05) is 6.54 Å². The number of rotatable bonds is 5. The van der Waals surface area contributed by atoms with Gasteiger partial charge in [-0.15, -0.1) is 0 Å². The number of carbonyl (C=O) groups is 1. The highest BCUT2D eigenvalue weighted by Crippen LogP contribution is 2.25. The van der Waals surface area contributed by atoms with Crippen molar-refractivity contribution < 1.29 is 23.4 Å². The molecule has 0 saturated carbocycles. The zero-order valence-electron chi connectivity index (χ0n) is 12.6. The van der Waals surface area contributed by atoms with Crippen LogP contribution in [0.1, 0.15) is 43.1 Å². The van der Waals surface area contributed by atoms with Gasteiger partial charge in [0.05, 0.1) is 4.90 Å². The van der Waals surface area contributed by atoms with Crippen LogP contribution in [0, 0.1) is 12.3 Å². The maximum Gasteiger partial charge on any atom is 0.339 e. The minimum atomic E-state index is -3.81. The van der Waals surface area contributed by atoms with E-state index in [1.807, 2.05) is 20.8 Å². The molecule has 1 aromatic rings. The molecule has 0 bridgehead atoms. The summed E-state index contributed by atoms with van der Waals surface area (Å²) in [6.07, 6.45) is 0.648. The number of nitrogens with one attached hydrogen (secondary N) is 1. The van der Waals surface area contributed by atoms with Crippen LogP contribution < -0.4 is 4.72 Å². The lowest BCUT2D eigenvalue weighted by Crippen LogP contribution is -2.28. The van der Waals surface area contributed by atoms with Gasteiger partial charge in [-0.3, -0.25) is 0 Å². The topological polar surface area (TPSA) is 104 Å². The molecule has 0 unspecified atom stereocenters. The number of carboxylic acids is 1. The third-order valence-electron chi connectivity index (χ3n) is 2.98. The van der Waals surface area contributed by atoms with Crippen LogP contribution in [0.25, 0.3) is 0 Å². The van der Waals surface area contributed by atoms with Gasteiger partial charge in [0.2, 0.25) is 10.0 Å². The lowest BCUT2D eigenvalue weighted by atomic mass is 9.93. The largest absolute Gasteiger partial charge is 0.507 e. The molecule has 0 heterocycles. The molecule has 0 fully saturated rings. The molecule has 0 radical (unpaired) electrons. The molecule has 21 heavy (non-hydrogen) atoms. The van der Waals surface area contributed by atoms with Crippen LogP contribution in [0.2, 0.25) is 0 Å². The van der Waals surface area contributed by atoms with Crippen molar-refractivity contribution in [2.45, 2.75) is 39.0 Å². The van der Waals surface area contributed by atoms with Crippen LogP contribution in [0.5, 0.6) is 5.75 Å². The van der Waals surface area contributed by atoms with E-state index in [2.05, 4.69) is 4.72 Å². The quantitative estimate of drug-likeness (QED) is 0.772. The van der Waals surface area contributed by atoms with Gasteiger partial charge < -0.3 is 10.2 Å². The SMILES string of the molecule is Cc1cc(O)c(C(=O)O)cc1S(=O)(=O)NCCC(C)(C)C. The predicted molar refractivity (Wildman–Crippen MR) is 79.1 cm³/mol. The molecule has 3 N–H and O–H groups in total. The molecule has 0 aromatic heterocycles. The number of benzene rings is 1. The number of aryl methyl sites for hydroxylation is 1. The molecule has 0 saturated heterocycles. The first-order chi connectivity index (χ1) is 9.44. The maximum absolute atomic E-state index is 12.2. The summed E-state index contributed by atoms with van der Waals surface area (Å²) in [6.45, 7) is 7.75. The number of aromatic carboxylic acids is 1. The Hall–Kier alpha value is -1.60. The van der Waals surface area contributed by atoms with Crippen molar-refractivity contribution in [2.75, 3.05) is 6.54 Å². The Morgan fingerprint density at radius 2 is 1.86 bits per heavy atom. The van der Waals surface area contributed by atoms with E-state index < -0.39 is 27.3 Å². The van der Waals surface area contributed by atoms with Crippen LogP contribution in [0.15, 0.2) is 17.0 Å². The lowest BCUT2D eigenvalue weighted by Gasteiger charge is -2.18. The highest BCUT2D eigenvalue weighted by Gasteiger charge is 2.22. The zero-order valence-corrected chi connectivity index (χ0v) is 13.4. The lowest BCUT2D eigenvalue weighted by molar-refractivity contribution is 0.0693. The predicted octanol–water partition coefficient (Wildman–Crippen LogP) is 2.11. The number of sulfonamides is 1. The Morgan fingerprint density at radius 1 is 1.29 bits per heavy atom. The highest BCUT2D eigenvalue weighted by atomic mass is 32.2. The number of carboxylic acid groups (broad SMARTS) is 1. The zero-order chi connectivity index (χ0) is 16.4. The third-order valence-corrected chi connectivity index (χ3v) is 4.58. The van der Waals surface area contributed by atoms with Crippen LogP contribution in [0.4, 0.5) is 0 Å². The monoisotopic (exact) mass is 315 g/mol. The fraction of sp³-hybridized carbons (Fsp3) is 0.500. The summed E-state index contributed by atoms with van der Waals surface area (Å²) in [4.78, 5) is 10.8. The Morgan fingerprint density at radius 3 is 2.33 bits per heavy atom. The molecule has 0 atom stereocenters. The summed E-state index contributed by atoms with van der Waals surface area (Å²) in [5.74, 6) is -1.83. The van der Waals surface area contributed by atoms with E-state index in [0.717, 1.165) is 12.1 Å². The molecule has 0 amide bonds. The maximum atomic E-state index is 12.2. The van der Waals surface area contributed by atoms with Gasteiger partial charge in [-0.1, -0.05) is 20.8 Å². The first-order valence-corrected chi connectivity index (χ1v) is 7.99. The molecule has 0 aliphatic rings. The van der Waals surface area contributed by atoms with Crippen molar-refractivity contribution in [2.24, 2.45) is 5.41 Å². The van der Waals surface area contributed by atoms with Gasteiger partial charge in [0.15, 0.2) is 0 Å². The minimum absolute atomic E-state index is 0.0151. The van der Waals surface area contributed by atoms with Crippen LogP contribution in [-0.2, 0) is 10.0 Å². The fourth-order valence-corrected chi connectivity index (χ4v) is 3.05. The van der Waals surface area contributed by atoms with E-state index in [1.165, 1.54) is 6.92 Å². The first kappa shape index (κ1) is 17.5. The molecule has 7 heteroatoms. The summed E-state index contributed by atoms with van der Waals surface area (Å²) < 4.78 is 26.9. The summed E-state index contributed by atoms with van der Waals surface area (Å²) in [6, 6.07) is 2.12. The molecule has 1 rings (SSSR count). The van der Waals surface area contributed by atoms with E-state index in [1.54, 1.807) is 0 Å². The second kappa shape index (κ2) is 6.03.